The molecule has 0 bridgehead atoms. The summed E-state index contributed by atoms with van der Waals surface area (Å²) >= 11 is 9.90. The number of hydrogen-bond acceptors (Lipinski definition) is 2. The van der Waals surface area contributed by atoms with Gasteiger partial charge < -0.3 is 5.32 Å². The molecule has 1 unspecified atom stereocenters. The van der Waals surface area contributed by atoms with Gasteiger partial charge in [-0.3, -0.25) is 4.68 Å². The van der Waals surface area contributed by atoms with Crippen LogP contribution in [0.4, 0.5) is 0 Å². The van der Waals surface area contributed by atoms with Gasteiger partial charge in [-0.05, 0) is 43.7 Å². The fourth-order valence-corrected chi connectivity index (χ4v) is 3.04. The van der Waals surface area contributed by atoms with Crippen LogP contribution in [0.2, 0.25) is 5.02 Å². The highest BCUT2D eigenvalue weighted by atomic mass is 79.9. The molecule has 0 spiro atoms. The zero-order valence-corrected chi connectivity index (χ0v) is 14.3. The van der Waals surface area contributed by atoms with Gasteiger partial charge in [0.05, 0.1) is 23.0 Å². The van der Waals surface area contributed by atoms with E-state index in [1.165, 1.54) is 11.1 Å². The average molecular weight is 357 g/mol. The van der Waals surface area contributed by atoms with Crippen molar-refractivity contribution in [3.8, 4) is 0 Å². The van der Waals surface area contributed by atoms with Crippen molar-refractivity contribution in [2.24, 2.45) is 0 Å². The minimum Gasteiger partial charge on any atom is -0.308 e. The molecule has 0 aliphatic heterocycles. The Balaban J connectivity index is 2.52. The lowest BCUT2D eigenvalue weighted by molar-refractivity contribution is 0.534. The average Bonchev–Trinajstić information content (AvgIpc) is 2.77. The first kappa shape index (κ1) is 15.5. The van der Waals surface area contributed by atoms with Crippen molar-refractivity contribution < 1.29 is 0 Å². The van der Waals surface area contributed by atoms with Gasteiger partial charge in [-0.25, -0.2) is 0 Å². The summed E-state index contributed by atoms with van der Waals surface area (Å²) < 4.78 is 3.06. The lowest BCUT2D eigenvalue weighted by Crippen LogP contribution is -2.23. The summed E-state index contributed by atoms with van der Waals surface area (Å²) in [5.41, 5.74) is 3.46. The van der Waals surface area contributed by atoms with Crippen LogP contribution in [0.15, 0.2) is 28.9 Å². The van der Waals surface area contributed by atoms with Crippen LogP contribution >= 0.6 is 27.5 Å². The fourth-order valence-electron chi connectivity index (χ4n) is 2.41. The summed E-state index contributed by atoms with van der Waals surface area (Å²) in [5, 5.41) is 8.45. The van der Waals surface area contributed by atoms with Gasteiger partial charge in [0, 0.05) is 11.0 Å². The van der Waals surface area contributed by atoms with Crippen LogP contribution < -0.4 is 5.32 Å². The second-order valence-corrected chi connectivity index (χ2v) is 6.15. The topological polar surface area (TPSA) is 29.9 Å². The third-order valence-electron chi connectivity index (χ3n) is 3.38. The normalized spacial score (nSPS) is 12.7. The summed E-state index contributed by atoms with van der Waals surface area (Å²) in [7, 11) is 1.95. The summed E-state index contributed by atoms with van der Waals surface area (Å²) in [6.07, 6.45) is 2.75. The molecular weight excluding hydrogens is 338 g/mol. The number of benzene rings is 1. The van der Waals surface area contributed by atoms with Gasteiger partial charge >= 0.3 is 0 Å². The van der Waals surface area contributed by atoms with E-state index in [1.807, 2.05) is 11.7 Å². The van der Waals surface area contributed by atoms with Crippen molar-refractivity contribution in [3.63, 3.8) is 0 Å². The zero-order valence-electron chi connectivity index (χ0n) is 12.0. The second-order valence-electron chi connectivity index (χ2n) is 4.82. The second kappa shape index (κ2) is 6.74. The first-order valence-corrected chi connectivity index (χ1v) is 7.90. The van der Waals surface area contributed by atoms with E-state index in [4.69, 9.17) is 11.6 Å². The lowest BCUT2D eigenvalue weighted by atomic mass is 9.99. The number of hydrogen-bond donors (Lipinski definition) is 1. The Kier molecular flexibility index (Phi) is 5.24. The lowest BCUT2D eigenvalue weighted by Gasteiger charge is -2.21. The molecular formula is C15H19BrClN3. The summed E-state index contributed by atoms with van der Waals surface area (Å²) in [4.78, 5) is 0. The smallest absolute Gasteiger partial charge is 0.0837 e. The number of nitrogens with one attached hydrogen (secondary N) is 1. The quantitative estimate of drug-likeness (QED) is 0.864. The molecule has 20 heavy (non-hydrogen) atoms. The van der Waals surface area contributed by atoms with Gasteiger partial charge in [0.1, 0.15) is 0 Å². The van der Waals surface area contributed by atoms with Crippen molar-refractivity contribution in [2.75, 3.05) is 7.05 Å². The molecule has 0 saturated heterocycles. The minimum atomic E-state index is 0.0362. The SMILES string of the molecule is CCCn1ncc(Cl)c1C(NC)c1cc(Br)ccc1C. The molecule has 1 N–H and O–H groups in total. The van der Waals surface area contributed by atoms with E-state index in [0.29, 0.717) is 5.02 Å². The van der Waals surface area contributed by atoms with Crippen LogP contribution in [-0.2, 0) is 6.54 Å². The molecule has 1 atom stereocenters. The molecule has 1 heterocycles. The van der Waals surface area contributed by atoms with Gasteiger partial charge in [0.25, 0.3) is 0 Å². The standard InChI is InChI=1S/C15H19BrClN3/c1-4-7-20-15(13(17)9-19-20)14(18-3)12-8-11(16)6-5-10(12)2/h5-6,8-9,14,18H,4,7H2,1-3H3. The minimum absolute atomic E-state index is 0.0362. The predicted octanol–water partition coefficient (Wildman–Crippen LogP) is 4.33. The molecule has 0 aliphatic carbocycles. The third-order valence-corrected chi connectivity index (χ3v) is 4.17. The van der Waals surface area contributed by atoms with E-state index in [2.05, 4.69) is 58.4 Å². The molecule has 0 aliphatic rings. The molecule has 1 aromatic carbocycles. The summed E-state index contributed by atoms with van der Waals surface area (Å²) in [6, 6.07) is 6.33. The van der Waals surface area contributed by atoms with Gasteiger partial charge in [0.2, 0.25) is 0 Å². The van der Waals surface area contributed by atoms with Gasteiger partial charge in [-0.2, -0.15) is 5.10 Å². The van der Waals surface area contributed by atoms with Crippen LogP contribution in [0.25, 0.3) is 0 Å². The number of nitrogens with zero attached hydrogens (tertiary/aromatic N) is 2. The van der Waals surface area contributed by atoms with Crippen LogP contribution in [-0.4, -0.2) is 16.8 Å². The van der Waals surface area contributed by atoms with E-state index >= 15 is 0 Å². The molecule has 2 aromatic rings. The Bertz CT molecular complexity index is 595. The van der Waals surface area contributed by atoms with E-state index in [0.717, 1.165) is 23.1 Å². The maximum atomic E-state index is 6.36. The maximum Gasteiger partial charge on any atom is 0.0837 e. The molecule has 1 aromatic heterocycles. The van der Waals surface area contributed by atoms with Crippen molar-refractivity contribution in [1.29, 1.82) is 0 Å². The molecule has 2 rings (SSSR count). The highest BCUT2D eigenvalue weighted by Gasteiger charge is 2.22. The molecule has 3 nitrogen and oxygen atoms in total. The maximum absolute atomic E-state index is 6.36. The number of halogens is 2. The van der Waals surface area contributed by atoms with Crippen molar-refractivity contribution in [2.45, 2.75) is 32.9 Å². The van der Waals surface area contributed by atoms with E-state index in [9.17, 15) is 0 Å². The van der Waals surface area contributed by atoms with E-state index in [-0.39, 0.29) is 6.04 Å². The first-order valence-electron chi connectivity index (χ1n) is 6.73. The number of aromatic nitrogens is 2. The van der Waals surface area contributed by atoms with Gasteiger partial charge in [-0.15, -0.1) is 0 Å². The van der Waals surface area contributed by atoms with E-state index < -0.39 is 0 Å². The van der Waals surface area contributed by atoms with Crippen LogP contribution in [0.5, 0.6) is 0 Å². The predicted molar refractivity (Wildman–Crippen MR) is 87.3 cm³/mol. The summed E-state index contributed by atoms with van der Waals surface area (Å²) in [6.45, 7) is 5.12. The largest absolute Gasteiger partial charge is 0.308 e. The molecule has 5 heteroatoms. The Labute approximate surface area is 133 Å². The van der Waals surface area contributed by atoms with Gasteiger partial charge in [-0.1, -0.05) is 40.5 Å². The van der Waals surface area contributed by atoms with Crippen molar-refractivity contribution in [3.05, 3.63) is 50.7 Å². The van der Waals surface area contributed by atoms with Crippen molar-refractivity contribution >= 4 is 27.5 Å². The zero-order chi connectivity index (χ0) is 14.7. The number of rotatable bonds is 5. The highest BCUT2D eigenvalue weighted by Crippen LogP contribution is 2.31. The fraction of sp³-hybridized carbons (Fsp3) is 0.400. The van der Waals surface area contributed by atoms with Crippen LogP contribution in [0.1, 0.15) is 36.2 Å². The molecule has 0 amide bonds. The Hall–Kier alpha value is -0.840. The Morgan fingerprint density at radius 3 is 2.85 bits per heavy atom. The molecule has 0 radical (unpaired) electrons. The van der Waals surface area contributed by atoms with Gasteiger partial charge in [0.15, 0.2) is 0 Å². The summed E-state index contributed by atoms with van der Waals surface area (Å²) in [5.74, 6) is 0. The monoisotopic (exact) mass is 355 g/mol. The third kappa shape index (κ3) is 3.08. The Morgan fingerprint density at radius 2 is 2.20 bits per heavy atom. The molecule has 0 fully saturated rings. The Morgan fingerprint density at radius 1 is 1.45 bits per heavy atom. The first-order chi connectivity index (χ1) is 9.58. The number of aryl methyl sites for hydroxylation is 2. The molecule has 108 valence electrons. The molecule has 0 saturated carbocycles. The van der Waals surface area contributed by atoms with E-state index in [1.54, 1.807) is 6.20 Å². The van der Waals surface area contributed by atoms with Crippen molar-refractivity contribution in [1.82, 2.24) is 15.1 Å². The van der Waals surface area contributed by atoms with Crippen LogP contribution in [0, 0.1) is 6.92 Å². The van der Waals surface area contributed by atoms with Crippen LogP contribution in [0.3, 0.4) is 0 Å². The highest BCUT2D eigenvalue weighted by molar-refractivity contribution is 9.10.